The zero-order valence-electron chi connectivity index (χ0n) is 16.4. The number of hydrogen-bond acceptors (Lipinski definition) is 4. The Morgan fingerprint density at radius 1 is 1.24 bits per heavy atom. The van der Waals surface area contributed by atoms with E-state index in [-0.39, 0.29) is 11.9 Å². The predicted molar refractivity (Wildman–Crippen MR) is 110 cm³/mol. The van der Waals surface area contributed by atoms with Gasteiger partial charge in [-0.05, 0) is 61.1 Å². The van der Waals surface area contributed by atoms with Crippen molar-refractivity contribution in [2.75, 3.05) is 20.3 Å². The van der Waals surface area contributed by atoms with Gasteiger partial charge >= 0.3 is 0 Å². The van der Waals surface area contributed by atoms with Crippen LogP contribution in [-0.2, 0) is 0 Å². The summed E-state index contributed by atoms with van der Waals surface area (Å²) < 4.78 is 31.0. The van der Waals surface area contributed by atoms with Gasteiger partial charge in [0.05, 0.1) is 7.11 Å². The number of rotatable bonds is 5. The second kappa shape index (κ2) is 7.59. The molecule has 0 amide bonds. The third-order valence-corrected chi connectivity index (χ3v) is 6.05. The zero-order valence-corrected chi connectivity index (χ0v) is 16.4. The van der Waals surface area contributed by atoms with Gasteiger partial charge < -0.3 is 24.5 Å². The van der Waals surface area contributed by atoms with Crippen molar-refractivity contribution in [3.8, 4) is 17.2 Å². The van der Waals surface area contributed by atoms with E-state index in [4.69, 9.17) is 14.2 Å². The van der Waals surface area contributed by atoms with Crippen LogP contribution >= 0.6 is 0 Å². The standard InChI is InChI=1S/C23H25FN2O3/c1-27-21-3-2-4-22-23(21)29-17(13-28-22)11-25-16-7-5-14(9-16)19-12-26-20-8-6-15(24)10-18(19)20/h2-4,6,8,10,12,14,16-17,25-26H,5,7,9,11,13H2,1H3/t14?,16-,17-/m0/s1. The molecule has 1 fully saturated rings. The first-order valence-electron chi connectivity index (χ1n) is 10.2. The molecular weight excluding hydrogens is 371 g/mol. The molecule has 29 heavy (non-hydrogen) atoms. The predicted octanol–water partition coefficient (Wildman–Crippen LogP) is 4.38. The molecule has 0 saturated heterocycles. The number of H-pyrrole nitrogens is 1. The molecule has 3 atom stereocenters. The molecule has 2 aromatic carbocycles. The first-order valence-corrected chi connectivity index (χ1v) is 10.2. The highest BCUT2D eigenvalue weighted by atomic mass is 19.1. The third kappa shape index (κ3) is 3.53. The Hall–Kier alpha value is -2.73. The molecule has 1 unspecified atom stereocenters. The number of halogens is 1. The maximum absolute atomic E-state index is 13.7. The summed E-state index contributed by atoms with van der Waals surface area (Å²) in [5.74, 6) is 2.36. The maximum atomic E-state index is 13.7. The second-order valence-corrected chi connectivity index (χ2v) is 7.89. The number of fused-ring (bicyclic) bond motifs is 2. The average Bonchev–Trinajstić information content (AvgIpc) is 3.38. The molecule has 2 aliphatic rings. The Morgan fingerprint density at radius 2 is 2.17 bits per heavy atom. The summed E-state index contributed by atoms with van der Waals surface area (Å²) in [6.45, 7) is 1.24. The van der Waals surface area contributed by atoms with Crippen molar-refractivity contribution >= 4 is 10.9 Å². The molecule has 2 heterocycles. The minimum absolute atomic E-state index is 0.0555. The lowest BCUT2D eigenvalue weighted by Gasteiger charge is -2.28. The van der Waals surface area contributed by atoms with E-state index in [0.29, 0.717) is 30.1 Å². The molecular formula is C23H25FN2O3. The van der Waals surface area contributed by atoms with Crippen LogP contribution in [0.15, 0.2) is 42.6 Å². The molecule has 1 saturated carbocycles. The number of hydrogen-bond donors (Lipinski definition) is 2. The number of methoxy groups -OCH3 is 1. The summed E-state index contributed by atoms with van der Waals surface area (Å²) in [7, 11) is 1.64. The highest BCUT2D eigenvalue weighted by Gasteiger charge is 2.29. The molecule has 2 N–H and O–H groups in total. The number of ether oxygens (including phenoxy) is 3. The number of aromatic amines is 1. The van der Waals surface area contributed by atoms with Gasteiger partial charge in [0.25, 0.3) is 0 Å². The first-order chi connectivity index (χ1) is 14.2. The van der Waals surface area contributed by atoms with Crippen molar-refractivity contribution in [3.05, 3.63) is 54.0 Å². The van der Waals surface area contributed by atoms with Crippen LogP contribution in [0.5, 0.6) is 17.2 Å². The van der Waals surface area contributed by atoms with Crippen molar-refractivity contribution in [3.63, 3.8) is 0 Å². The van der Waals surface area contributed by atoms with Crippen LogP contribution < -0.4 is 19.5 Å². The minimum atomic E-state index is -0.184. The fourth-order valence-electron chi connectivity index (χ4n) is 4.57. The van der Waals surface area contributed by atoms with Gasteiger partial charge in [0, 0.05) is 29.7 Å². The maximum Gasteiger partial charge on any atom is 0.204 e. The molecule has 1 aliphatic heterocycles. The summed E-state index contributed by atoms with van der Waals surface area (Å²) in [4.78, 5) is 3.28. The summed E-state index contributed by atoms with van der Waals surface area (Å²) in [5, 5.41) is 4.64. The highest BCUT2D eigenvalue weighted by Crippen LogP contribution is 2.41. The quantitative estimate of drug-likeness (QED) is 0.672. The van der Waals surface area contributed by atoms with Gasteiger partial charge in [0.2, 0.25) is 5.75 Å². The Kier molecular flexibility index (Phi) is 4.79. The van der Waals surface area contributed by atoms with Gasteiger partial charge in [-0.3, -0.25) is 0 Å². The molecule has 5 nitrogen and oxygen atoms in total. The van der Waals surface area contributed by atoms with Crippen molar-refractivity contribution in [2.24, 2.45) is 0 Å². The number of benzene rings is 2. The summed E-state index contributed by atoms with van der Waals surface area (Å²) >= 11 is 0. The molecule has 6 heteroatoms. The van der Waals surface area contributed by atoms with Gasteiger partial charge in [-0.15, -0.1) is 0 Å². The van der Waals surface area contributed by atoms with Crippen molar-refractivity contribution < 1.29 is 18.6 Å². The molecule has 152 valence electrons. The van der Waals surface area contributed by atoms with E-state index in [9.17, 15) is 4.39 Å². The first kappa shape index (κ1) is 18.3. The largest absolute Gasteiger partial charge is 0.493 e. The van der Waals surface area contributed by atoms with Gasteiger partial charge in [-0.1, -0.05) is 6.07 Å². The van der Waals surface area contributed by atoms with Crippen LogP contribution in [0.4, 0.5) is 4.39 Å². The van der Waals surface area contributed by atoms with Gasteiger partial charge in [-0.25, -0.2) is 4.39 Å². The van der Waals surface area contributed by atoms with Gasteiger partial charge in [0.1, 0.15) is 18.5 Å². The summed E-state index contributed by atoms with van der Waals surface area (Å²) in [6, 6.07) is 11.0. The van der Waals surface area contributed by atoms with E-state index < -0.39 is 0 Å². The van der Waals surface area contributed by atoms with E-state index in [0.717, 1.165) is 42.5 Å². The van der Waals surface area contributed by atoms with Crippen molar-refractivity contribution in [1.82, 2.24) is 10.3 Å². The lowest BCUT2D eigenvalue weighted by molar-refractivity contribution is 0.0844. The molecule has 0 spiro atoms. The van der Waals surface area contributed by atoms with E-state index in [1.165, 1.54) is 11.6 Å². The SMILES string of the molecule is COc1cccc2c1O[C@@H](CN[C@H]1CCC(c3c[nH]c4ccc(F)cc34)C1)CO2. The van der Waals surface area contributed by atoms with Crippen LogP contribution in [0.2, 0.25) is 0 Å². The molecule has 1 aliphatic carbocycles. The number of aromatic nitrogens is 1. The van der Waals surface area contributed by atoms with Gasteiger partial charge in [-0.2, -0.15) is 0 Å². The van der Waals surface area contributed by atoms with Crippen molar-refractivity contribution in [1.29, 1.82) is 0 Å². The highest BCUT2D eigenvalue weighted by molar-refractivity contribution is 5.83. The molecule has 1 aromatic heterocycles. The van der Waals surface area contributed by atoms with Crippen LogP contribution in [0, 0.1) is 5.82 Å². The lowest BCUT2D eigenvalue weighted by Crippen LogP contribution is -2.41. The minimum Gasteiger partial charge on any atom is -0.493 e. The van der Waals surface area contributed by atoms with E-state index >= 15 is 0 Å². The zero-order chi connectivity index (χ0) is 19.8. The topological polar surface area (TPSA) is 55.5 Å². The van der Waals surface area contributed by atoms with E-state index in [2.05, 4.69) is 10.3 Å². The average molecular weight is 396 g/mol. The molecule has 3 aromatic rings. The monoisotopic (exact) mass is 396 g/mol. The Labute approximate surface area is 169 Å². The molecule has 0 bridgehead atoms. The van der Waals surface area contributed by atoms with Crippen LogP contribution in [-0.4, -0.2) is 37.4 Å². The number of nitrogens with one attached hydrogen (secondary N) is 2. The fourth-order valence-corrected chi connectivity index (χ4v) is 4.57. The Bertz CT molecular complexity index is 1000. The van der Waals surface area contributed by atoms with Crippen LogP contribution in [0.1, 0.15) is 30.7 Å². The molecule has 0 radical (unpaired) electrons. The summed E-state index contributed by atoms with van der Waals surface area (Å²) in [5.41, 5.74) is 2.22. The van der Waals surface area contributed by atoms with Gasteiger partial charge in [0.15, 0.2) is 11.5 Å². The molecule has 5 rings (SSSR count). The Morgan fingerprint density at radius 3 is 3.07 bits per heavy atom. The number of para-hydroxylation sites is 1. The Balaban J connectivity index is 1.20. The summed E-state index contributed by atoms with van der Waals surface area (Å²) in [6.07, 6.45) is 5.22. The second-order valence-electron chi connectivity index (χ2n) is 7.89. The fraction of sp³-hybridized carbons (Fsp3) is 0.391. The smallest absolute Gasteiger partial charge is 0.204 e. The van der Waals surface area contributed by atoms with Crippen molar-refractivity contribution in [2.45, 2.75) is 37.3 Å². The van der Waals surface area contributed by atoms with Crippen LogP contribution in [0.25, 0.3) is 10.9 Å². The van der Waals surface area contributed by atoms with E-state index in [1.807, 2.05) is 30.5 Å². The third-order valence-electron chi connectivity index (χ3n) is 6.05. The van der Waals surface area contributed by atoms with E-state index in [1.54, 1.807) is 13.2 Å². The van der Waals surface area contributed by atoms with Crippen LogP contribution in [0.3, 0.4) is 0 Å². The lowest BCUT2D eigenvalue weighted by atomic mass is 9.97. The normalized spacial score (nSPS) is 23.4.